The zero-order valence-electron chi connectivity index (χ0n) is 58.1. The van der Waals surface area contributed by atoms with Gasteiger partial charge in [0, 0.05) is 25.7 Å². The van der Waals surface area contributed by atoms with Crippen molar-refractivity contribution in [2.45, 2.75) is 363 Å². The van der Waals surface area contributed by atoms with Crippen molar-refractivity contribution in [1.29, 1.82) is 0 Å². The molecule has 0 heterocycles. The highest BCUT2D eigenvalue weighted by atomic mass is 31.2. The summed E-state index contributed by atoms with van der Waals surface area (Å²) in [4.78, 5) is 72.5. The molecule has 4 unspecified atom stereocenters. The van der Waals surface area contributed by atoms with E-state index in [-0.39, 0.29) is 25.7 Å². The highest BCUT2D eigenvalue weighted by Gasteiger charge is 2.30. The SMILES string of the molecule is CCC(C)CCCCCCCCCCCCC(=O)OC[C@H](COP(=O)(O)OCC(O)COP(=O)(O)OC[C@@H](COC(=O)CCCCCCCCCCC(C)C)OC(=O)CCCCCCCCCCCCCC(C)C)OC(=O)CCCCCCCCCC(C)C. The molecule has 0 aliphatic heterocycles. The number of carbonyl (C=O) groups is 4. The molecule has 6 atom stereocenters. The van der Waals surface area contributed by atoms with Gasteiger partial charge in [0.1, 0.15) is 19.3 Å². The summed E-state index contributed by atoms with van der Waals surface area (Å²) in [6.45, 7) is 14.1. The van der Waals surface area contributed by atoms with Gasteiger partial charge in [-0.1, -0.05) is 293 Å². The zero-order valence-corrected chi connectivity index (χ0v) is 59.8. The van der Waals surface area contributed by atoms with Crippen LogP contribution in [0.1, 0.15) is 344 Å². The van der Waals surface area contributed by atoms with E-state index in [1.165, 1.54) is 148 Å². The number of aliphatic hydroxyl groups is 1. The van der Waals surface area contributed by atoms with Crippen molar-refractivity contribution < 1.29 is 80.2 Å². The number of rotatable bonds is 67. The zero-order chi connectivity index (χ0) is 66.1. The second-order valence-corrected chi connectivity index (χ2v) is 29.8. The number of carbonyl (C=O) groups excluding carboxylic acids is 4. The first-order chi connectivity index (χ1) is 42.6. The number of aliphatic hydroxyl groups excluding tert-OH is 1. The van der Waals surface area contributed by atoms with Crippen LogP contribution in [0.15, 0.2) is 0 Å². The fraction of sp³-hybridized carbons (Fsp3) is 0.943. The van der Waals surface area contributed by atoms with Gasteiger partial charge in [0.15, 0.2) is 12.2 Å². The highest BCUT2D eigenvalue weighted by molar-refractivity contribution is 7.47. The Morgan fingerprint density at radius 3 is 0.798 bits per heavy atom. The van der Waals surface area contributed by atoms with Gasteiger partial charge in [-0.15, -0.1) is 0 Å². The maximum Gasteiger partial charge on any atom is 0.472 e. The van der Waals surface area contributed by atoms with E-state index >= 15 is 0 Å². The van der Waals surface area contributed by atoms with Crippen molar-refractivity contribution in [1.82, 2.24) is 0 Å². The van der Waals surface area contributed by atoms with Crippen LogP contribution < -0.4 is 0 Å². The summed E-state index contributed by atoms with van der Waals surface area (Å²) in [7, 11) is -9.90. The van der Waals surface area contributed by atoms with Gasteiger partial charge in [0.25, 0.3) is 0 Å². The predicted molar refractivity (Wildman–Crippen MR) is 358 cm³/mol. The van der Waals surface area contributed by atoms with Crippen LogP contribution in [-0.4, -0.2) is 96.7 Å². The quantitative estimate of drug-likeness (QED) is 0.0222. The van der Waals surface area contributed by atoms with Crippen molar-refractivity contribution in [2.75, 3.05) is 39.6 Å². The molecular formula is C70H136O17P2. The molecule has 528 valence electrons. The molecule has 0 aromatic heterocycles. The van der Waals surface area contributed by atoms with Crippen molar-refractivity contribution in [3.8, 4) is 0 Å². The van der Waals surface area contributed by atoms with Gasteiger partial charge < -0.3 is 33.8 Å². The lowest BCUT2D eigenvalue weighted by molar-refractivity contribution is -0.161. The van der Waals surface area contributed by atoms with E-state index in [0.717, 1.165) is 108 Å². The number of hydrogen-bond acceptors (Lipinski definition) is 15. The Morgan fingerprint density at radius 1 is 0.315 bits per heavy atom. The lowest BCUT2D eigenvalue weighted by Gasteiger charge is -2.21. The van der Waals surface area contributed by atoms with Gasteiger partial charge in [-0.2, -0.15) is 0 Å². The summed E-state index contributed by atoms with van der Waals surface area (Å²) in [5.41, 5.74) is 0. The molecule has 0 amide bonds. The Bertz CT molecular complexity index is 1770. The Morgan fingerprint density at radius 2 is 0.539 bits per heavy atom. The molecular weight excluding hydrogens is 1170 g/mol. The molecule has 0 spiro atoms. The van der Waals surface area contributed by atoms with Gasteiger partial charge in [0.05, 0.1) is 26.4 Å². The molecule has 0 aliphatic carbocycles. The number of hydrogen-bond donors (Lipinski definition) is 3. The molecule has 0 saturated heterocycles. The van der Waals surface area contributed by atoms with Crippen LogP contribution in [-0.2, 0) is 65.4 Å². The molecule has 0 rings (SSSR count). The Labute approximate surface area is 543 Å². The molecule has 0 aromatic carbocycles. The van der Waals surface area contributed by atoms with Crippen LogP contribution >= 0.6 is 15.6 Å². The molecule has 0 aliphatic rings. The van der Waals surface area contributed by atoms with Gasteiger partial charge in [-0.3, -0.25) is 37.3 Å². The van der Waals surface area contributed by atoms with E-state index in [1.807, 2.05) is 0 Å². The van der Waals surface area contributed by atoms with E-state index in [2.05, 4.69) is 55.4 Å². The molecule has 89 heavy (non-hydrogen) atoms. The maximum atomic E-state index is 13.0. The van der Waals surface area contributed by atoms with Gasteiger partial charge in [-0.25, -0.2) is 9.13 Å². The molecule has 3 N–H and O–H groups in total. The van der Waals surface area contributed by atoms with Crippen molar-refractivity contribution in [3.63, 3.8) is 0 Å². The van der Waals surface area contributed by atoms with E-state index in [0.29, 0.717) is 31.6 Å². The van der Waals surface area contributed by atoms with E-state index in [1.54, 1.807) is 0 Å². The number of phosphoric acid groups is 2. The van der Waals surface area contributed by atoms with Crippen LogP contribution in [0, 0.1) is 23.7 Å². The minimum absolute atomic E-state index is 0.103. The summed E-state index contributed by atoms with van der Waals surface area (Å²) in [5.74, 6) is 0.866. The van der Waals surface area contributed by atoms with Crippen molar-refractivity contribution >= 4 is 39.5 Å². The number of unbranched alkanes of at least 4 members (excludes halogenated alkanes) is 32. The summed E-state index contributed by atoms with van der Waals surface area (Å²) in [6.07, 6.45) is 41.7. The second kappa shape index (κ2) is 59.8. The average molecular weight is 1310 g/mol. The number of phosphoric ester groups is 2. The average Bonchev–Trinajstić information content (AvgIpc) is 3.67. The minimum Gasteiger partial charge on any atom is -0.462 e. The third kappa shape index (κ3) is 63.2. The predicted octanol–water partition coefficient (Wildman–Crippen LogP) is 19.7. The molecule has 0 fully saturated rings. The fourth-order valence-electron chi connectivity index (χ4n) is 10.5. The van der Waals surface area contributed by atoms with E-state index in [9.17, 15) is 43.2 Å². The van der Waals surface area contributed by atoms with E-state index in [4.69, 9.17) is 37.0 Å². The van der Waals surface area contributed by atoms with Gasteiger partial charge in [0.2, 0.25) is 0 Å². The summed E-state index contributed by atoms with van der Waals surface area (Å²) < 4.78 is 68.3. The molecule has 0 aromatic rings. The lowest BCUT2D eigenvalue weighted by atomic mass is 9.99. The monoisotopic (exact) mass is 1310 g/mol. The first-order valence-corrected chi connectivity index (χ1v) is 39.2. The lowest BCUT2D eigenvalue weighted by Crippen LogP contribution is -2.30. The smallest absolute Gasteiger partial charge is 0.462 e. The maximum absolute atomic E-state index is 13.0. The van der Waals surface area contributed by atoms with Crippen LogP contribution in [0.5, 0.6) is 0 Å². The molecule has 19 heteroatoms. The topological polar surface area (TPSA) is 237 Å². The first kappa shape index (κ1) is 87.1. The summed E-state index contributed by atoms with van der Waals surface area (Å²) >= 11 is 0. The third-order valence-electron chi connectivity index (χ3n) is 16.4. The molecule has 0 bridgehead atoms. The highest BCUT2D eigenvalue weighted by Crippen LogP contribution is 2.45. The fourth-order valence-corrected chi connectivity index (χ4v) is 12.0. The summed E-state index contributed by atoms with van der Waals surface area (Å²) in [5, 5.41) is 10.6. The Balaban J connectivity index is 5.25. The Kier molecular flexibility index (Phi) is 58.5. The van der Waals surface area contributed by atoms with E-state index < -0.39 is 97.5 Å². The first-order valence-electron chi connectivity index (χ1n) is 36.2. The minimum atomic E-state index is -4.95. The van der Waals surface area contributed by atoms with Crippen LogP contribution in [0.25, 0.3) is 0 Å². The van der Waals surface area contributed by atoms with Crippen molar-refractivity contribution in [2.24, 2.45) is 23.7 Å². The molecule has 0 radical (unpaired) electrons. The number of ether oxygens (including phenoxy) is 4. The van der Waals surface area contributed by atoms with Crippen LogP contribution in [0.4, 0.5) is 0 Å². The number of esters is 4. The Hall–Kier alpha value is -1.94. The van der Waals surface area contributed by atoms with Crippen LogP contribution in [0.3, 0.4) is 0 Å². The standard InChI is InChI=1S/C70H136O17P2/c1-9-63(8)49-41-33-25-16-13-14-17-26-34-42-50-67(72)80-57-66(87-70(75)53-45-37-29-21-24-32-40-48-62(6)7)59-85-89(78,79)83-55-64(71)54-82-88(76,77)84-58-65(56-81-68(73)51-43-35-27-20-19-23-31-39-47-61(4)5)86-69(74)52-44-36-28-18-12-10-11-15-22-30-38-46-60(2)3/h60-66,71H,9-59H2,1-8H3,(H,76,77)(H,78,79)/t63?,64?,65-,66-/m1/s1. The van der Waals surface area contributed by atoms with Crippen LogP contribution in [0.2, 0.25) is 0 Å². The van der Waals surface area contributed by atoms with Gasteiger partial charge >= 0.3 is 39.5 Å². The van der Waals surface area contributed by atoms with Gasteiger partial charge in [-0.05, 0) is 49.4 Å². The van der Waals surface area contributed by atoms with Crippen molar-refractivity contribution in [3.05, 3.63) is 0 Å². The molecule has 17 nitrogen and oxygen atoms in total. The third-order valence-corrected chi connectivity index (χ3v) is 18.3. The normalized spacial score (nSPS) is 14.6. The summed E-state index contributed by atoms with van der Waals surface area (Å²) in [6, 6.07) is 0. The molecule has 0 saturated carbocycles. The second-order valence-electron chi connectivity index (χ2n) is 26.9. The largest absolute Gasteiger partial charge is 0.472 e.